The standard InChI is InChI=1S/C18H26O2S2/c1-2-3-4-5-14-6-8-15(9-7-14)16-10-12-17(13-11-16)21-22-18(19)20/h10-15H,2-9H2,1H3,(H,19,20)/t14-,15-. The van der Waals surface area contributed by atoms with Crippen LogP contribution in [0.2, 0.25) is 0 Å². The molecule has 4 heteroatoms. The van der Waals surface area contributed by atoms with E-state index in [-0.39, 0.29) is 0 Å². The van der Waals surface area contributed by atoms with Crippen molar-refractivity contribution in [2.75, 3.05) is 0 Å². The molecule has 1 aromatic carbocycles. The molecule has 0 spiro atoms. The van der Waals surface area contributed by atoms with Gasteiger partial charge in [-0.25, -0.2) is 4.79 Å². The van der Waals surface area contributed by atoms with Crippen molar-refractivity contribution in [1.82, 2.24) is 0 Å². The molecule has 2 nitrogen and oxygen atoms in total. The first kappa shape index (κ1) is 17.7. The maximum absolute atomic E-state index is 10.6. The second-order valence-electron chi connectivity index (χ2n) is 6.22. The molecule has 0 amide bonds. The lowest BCUT2D eigenvalue weighted by molar-refractivity contribution is 0.222. The molecule has 1 aliphatic rings. The minimum absolute atomic E-state index is 0.702. The van der Waals surface area contributed by atoms with Crippen LogP contribution >= 0.6 is 21.6 Å². The molecule has 0 saturated heterocycles. The van der Waals surface area contributed by atoms with Gasteiger partial charge in [0.05, 0.1) is 0 Å². The van der Waals surface area contributed by atoms with E-state index in [4.69, 9.17) is 5.11 Å². The van der Waals surface area contributed by atoms with Gasteiger partial charge in [0.2, 0.25) is 0 Å². The van der Waals surface area contributed by atoms with Crippen LogP contribution in [0.1, 0.15) is 69.8 Å². The molecule has 2 rings (SSSR count). The Morgan fingerprint density at radius 3 is 2.41 bits per heavy atom. The molecule has 1 aromatic rings. The summed E-state index contributed by atoms with van der Waals surface area (Å²) in [7, 11) is 2.18. The predicted molar refractivity (Wildman–Crippen MR) is 96.8 cm³/mol. The second kappa shape index (κ2) is 9.51. The Hall–Kier alpha value is -0.610. The molecule has 22 heavy (non-hydrogen) atoms. The summed E-state index contributed by atoms with van der Waals surface area (Å²) in [5.41, 5.74) is 1.43. The third kappa shape index (κ3) is 5.88. The lowest BCUT2D eigenvalue weighted by atomic mass is 9.77. The van der Waals surface area contributed by atoms with Crippen LogP contribution in [0.25, 0.3) is 0 Å². The Kier molecular flexibility index (Phi) is 7.67. The summed E-state index contributed by atoms with van der Waals surface area (Å²) in [6.45, 7) is 2.27. The van der Waals surface area contributed by atoms with Gasteiger partial charge in [0.1, 0.15) is 0 Å². The van der Waals surface area contributed by atoms with E-state index in [2.05, 4.69) is 31.2 Å². The molecule has 0 radical (unpaired) electrons. The van der Waals surface area contributed by atoms with E-state index in [0.29, 0.717) is 5.92 Å². The summed E-state index contributed by atoms with van der Waals surface area (Å²) in [6, 6.07) is 8.49. The van der Waals surface area contributed by atoms with Gasteiger partial charge in [-0.15, -0.1) is 0 Å². The molecule has 122 valence electrons. The Morgan fingerprint density at radius 2 is 1.82 bits per heavy atom. The zero-order valence-corrected chi connectivity index (χ0v) is 14.9. The molecule has 1 N–H and O–H groups in total. The van der Waals surface area contributed by atoms with Crippen LogP contribution in [0.4, 0.5) is 4.79 Å². The van der Waals surface area contributed by atoms with Crippen molar-refractivity contribution in [2.45, 2.75) is 69.1 Å². The van der Waals surface area contributed by atoms with Crippen LogP contribution in [0.5, 0.6) is 0 Å². The van der Waals surface area contributed by atoms with Crippen molar-refractivity contribution in [1.29, 1.82) is 0 Å². The topological polar surface area (TPSA) is 37.3 Å². The average Bonchev–Trinajstić information content (AvgIpc) is 2.54. The number of hydrogen-bond donors (Lipinski definition) is 1. The van der Waals surface area contributed by atoms with Crippen molar-refractivity contribution in [3.8, 4) is 0 Å². The molecule has 1 fully saturated rings. The lowest BCUT2D eigenvalue weighted by Crippen LogP contribution is -2.13. The number of benzene rings is 1. The van der Waals surface area contributed by atoms with Gasteiger partial charge < -0.3 is 5.11 Å². The third-order valence-electron chi connectivity index (χ3n) is 4.62. The number of carbonyl (C=O) groups is 1. The fourth-order valence-electron chi connectivity index (χ4n) is 3.35. The van der Waals surface area contributed by atoms with E-state index in [0.717, 1.165) is 21.6 Å². The van der Waals surface area contributed by atoms with Gasteiger partial charge in [-0.2, -0.15) is 0 Å². The highest BCUT2D eigenvalue weighted by molar-refractivity contribution is 8.82. The first-order valence-corrected chi connectivity index (χ1v) is 10.5. The summed E-state index contributed by atoms with van der Waals surface area (Å²) in [4.78, 5) is 11.6. The van der Waals surface area contributed by atoms with Crippen LogP contribution in [-0.2, 0) is 0 Å². The zero-order valence-electron chi connectivity index (χ0n) is 13.3. The number of unbranched alkanes of at least 4 members (excludes halogenated alkanes) is 2. The lowest BCUT2D eigenvalue weighted by Gasteiger charge is -2.29. The van der Waals surface area contributed by atoms with Crippen molar-refractivity contribution in [3.63, 3.8) is 0 Å². The summed E-state index contributed by atoms with van der Waals surface area (Å²) < 4.78 is 0. The van der Waals surface area contributed by atoms with Crippen LogP contribution < -0.4 is 0 Å². The molecule has 0 unspecified atom stereocenters. The van der Waals surface area contributed by atoms with Crippen molar-refractivity contribution in [2.24, 2.45) is 5.92 Å². The number of carboxylic acid groups (broad SMARTS) is 1. The van der Waals surface area contributed by atoms with Gasteiger partial charge in [-0.1, -0.05) is 44.7 Å². The van der Waals surface area contributed by atoms with Gasteiger partial charge in [0.15, 0.2) is 0 Å². The van der Waals surface area contributed by atoms with E-state index < -0.39 is 5.30 Å². The Bertz CT molecular complexity index is 451. The maximum atomic E-state index is 10.6. The first-order valence-electron chi connectivity index (χ1n) is 8.36. The smallest absolute Gasteiger partial charge is 0.375 e. The van der Waals surface area contributed by atoms with Crippen LogP contribution in [0.3, 0.4) is 0 Å². The maximum Gasteiger partial charge on any atom is 0.375 e. The van der Waals surface area contributed by atoms with Gasteiger partial charge in [0.25, 0.3) is 0 Å². The molecule has 0 aromatic heterocycles. The summed E-state index contributed by atoms with van der Waals surface area (Å²) >= 11 is 0. The SMILES string of the molecule is CCCCC[C@H]1CC[C@H](c2ccc(SSC(=O)O)cc2)CC1. The van der Waals surface area contributed by atoms with Crippen molar-refractivity contribution >= 4 is 26.9 Å². The van der Waals surface area contributed by atoms with Crippen LogP contribution in [0, 0.1) is 5.92 Å². The Morgan fingerprint density at radius 1 is 1.14 bits per heavy atom. The number of hydrogen-bond acceptors (Lipinski definition) is 3. The summed E-state index contributed by atoms with van der Waals surface area (Å²) in [5, 5.41) is 7.84. The average molecular weight is 339 g/mol. The van der Waals surface area contributed by atoms with Crippen molar-refractivity contribution in [3.05, 3.63) is 29.8 Å². The quantitative estimate of drug-likeness (QED) is 0.431. The van der Waals surface area contributed by atoms with Gasteiger partial charge in [0, 0.05) is 15.7 Å². The molecule has 0 aliphatic heterocycles. The molecule has 1 saturated carbocycles. The summed E-state index contributed by atoms with van der Waals surface area (Å²) in [6.07, 6.45) is 10.9. The third-order valence-corrected chi connectivity index (χ3v) is 6.57. The Labute approximate surface area is 141 Å². The second-order valence-corrected chi connectivity index (χ2v) is 8.37. The molecule has 0 bridgehead atoms. The molecule has 0 atom stereocenters. The van der Waals surface area contributed by atoms with Gasteiger partial charge >= 0.3 is 5.30 Å². The van der Waals surface area contributed by atoms with E-state index in [1.807, 2.05) is 0 Å². The van der Waals surface area contributed by atoms with E-state index in [9.17, 15) is 4.79 Å². The van der Waals surface area contributed by atoms with Crippen LogP contribution in [0.15, 0.2) is 29.2 Å². The number of rotatable bonds is 7. The van der Waals surface area contributed by atoms with E-state index >= 15 is 0 Å². The van der Waals surface area contributed by atoms with Gasteiger partial charge in [-0.05, 0) is 66.0 Å². The highest BCUT2D eigenvalue weighted by Crippen LogP contribution is 2.39. The fraction of sp³-hybridized carbons (Fsp3) is 0.611. The van der Waals surface area contributed by atoms with Crippen molar-refractivity contribution < 1.29 is 9.90 Å². The minimum atomic E-state index is -0.838. The normalized spacial score (nSPS) is 21.7. The molecular formula is C18H26O2S2. The molecule has 1 aliphatic carbocycles. The van der Waals surface area contributed by atoms with Crippen LogP contribution in [-0.4, -0.2) is 10.4 Å². The fourth-order valence-corrected chi connectivity index (χ4v) is 4.60. The zero-order chi connectivity index (χ0) is 15.8. The highest BCUT2D eigenvalue weighted by Gasteiger charge is 2.21. The minimum Gasteiger partial charge on any atom is -0.473 e. The monoisotopic (exact) mass is 338 g/mol. The van der Waals surface area contributed by atoms with E-state index in [1.54, 1.807) is 0 Å². The molecule has 0 heterocycles. The predicted octanol–water partition coefficient (Wildman–Crippen LogP) is 6.96. The first-order chi connectivity index (χ1) is 10.7. The van der Waals surface area contributed by atoms with Gasteiger partial charge in [-0.3, -0.25) is 0 Å². The largest absolute Gasteiger partial charge is 0.473 e. The summed E-state index contributed by atoms with van der Waals surface area (Å²) in [5.74, 6) is 1.65. The Balaban J connectivity index is 1.77. The van der Waals surface area contributed by atoms with E-state index in [1.165, 1.54) is 67.7 Å². The molecular weight excluding hydrogens is 312 g/mol. The highest BCUT2D eigenvalue weighted by atomic mass is 33.1.